The summed E-state index contributed by atoms with van der Waals surface area (Å²) >= 11 is 1.44. The van der Waals surface area contributed by atoms with Crippen molar-refractivity contribution in [3.8, 4) is 11.5 Å². The summed E-state index contributed by atoms with van der Waals surface area (Å²) in [5.74, 6) is 1.08. The van der Waals surface area contributed by atoms with Crippen LogP contribution < -0.4 is 15.4 Å². The Morgan fingerprint density at radius 3 is 2.35 bits per heavy atom. The van der Waals surface area contributed by atoms with Gasteiger partial charge in [-0.15, -0.1) is 11.3 Å². The number of nitrogens with one attached hydrogen (secondary N) is 2. The highest BCUT2D eigenvalue weighted by Gasteiger charge is 2.52. The number of halogens is 2. The molecule has 0 bridgehead atoms. The lowest BCUT2D eigenvalue weighted by molar-refractivity contribution is -0.360. The number of carbonyl (C=O) groups excluding carboxylic acids is 3. The average Bonchev–Trinajstić information content (AvgIpc) is 4.11. The number of hydrogen-bond acceptors (Lipinski definition) is 7. The maximum Gasteiger partial charge on any atom is 0.737 e. The molecule has 2 aromatic heterocycles. The maximum absolute atomic E-state index is 16.1. The molecular formula is C55H62BF2N5O5S. The van der Waals surface area contributed by atoms with Gasteiger partial charge in [0, 0.05) is 80.1 Å². The van der Waals surface area contributed by atoms with Crippen LogP contribution in [0.4, 0.5) is 14.3 Å². The highest BCUT2D eigenvalue weighted by Crippen LogP contribution is 2.36. The number of aromatic nitrogens is 1. The zero-order chi connectivity index (χ0) is 48.2. The number of carbonyl (C=O) groups is 3. The molecule has 5 aromatic rings. The zero-order valence-electron chi connectivity index (χ0n) is 39.4. The van der Waals surface area contributed by atoms with Gasteiger partial charge in [-0.3, -0.25) is 14.4 Å². The Balaban J connectivity index is 0.634. The van der Waals surface area contributed by atoms with Gasteiger partial charge in [0.15, 0.2) is 17.2 Å². The molecule has 0 radical (unpaired) electrons. The van der Waals surface area contributed by atoms with Crippen molar-refractivity contribution in [2.75, 3.05) is 38.6 Å². The summed E-state index contributed by atoms with van der Waals surface area (Å²) in [4.78, 5) is 40.6. The van der Waals surface area contributed by atoms with Crippen LogP contribution in [-0.4, -0.2) is 82.5 Å². The van der Waals surface area contributed by atoms with E-state index in [-0.39, 0.29) is 35.9 Å². The molecule has 5 heterocycles. The first-order chi connectivity index (χ1) is 33.5. The number of unbranched alkanes of at least 4 members (excludes halogenated alkanes) is 7. The van der Waals surface area contributed by atoms with Crippen molar-refractivity contribution in [1.82, 2.24) is 14.7 Å². The summed E-state index contributed by atoms with van der Waals surface area (Å²) in [6.45, 7) is -1.65. The van der Waals surface area contributed by atoms with Crippen LogP contribution in [0.25, 0.3) is 18.2 Å². The van der Waals surface area contributed by atoms with Gasteiger partial charge in [-0.25, -0.2) is 0 Å². The van der Waals surface area contributed by atoms with E-state index in [2.05, 4.69) is 34.7 Å². The van der Waals surface area contributed by atoms with Crippen LogP contribution in [0.2, 0.25) is 0 Å². The number of fused-ring (bicyclic) bond motifs is 3. The van der Waals surface area contributed by atoms with E-state index < -0.39 is 6.97 Å². The topological polar surface area (TPSA) is 116 Å². The molecule has 10 nitrogen and oxygen atoms in total. The van der Waals surface area contributed by atoms with Gasteiger partial charge in [0.2, 0.25) is 11.8 Å². The minimum Gasteiger partial charge on any atom is -0.508 e. The standard InChI is InChI=1S/C55H62BF2N5O5S/c1-61-34-32-42-21-28-47(64)37-50(42)51(38-61)41-19-22-43(23-20-41)60-55(67)15-9-3-2-6-10-33-59-54(66)14-8-5-4-7-12-48(65)39-68-49-29-17-40(18-30-49)16-24-44-25-26-45-36-46-27-31-52(53-13-11-35-69-53)63(46)56(57,58)62(44)45/h11,13,16-31,35-37,51,64H,2-10,12,14-15,32-34,38-39H2,1H3,(H,59,66)(H,60,67)/b24-16+. The number of Topliss-reactive ketones (excluding diaryl/α,β-unsaturated/α-hetero) is 1. The smallest absolute Gasteiger partial charge is 0.508 e. The van der Waals surface area contributed by atoms with Crippen molar-refractivity contribution >= 4 is 65.5 Å². The number of rotatable bonds is 23. The number of ketones is 1. The van der Waals surface area contributed by atoms with Crippen molar-refractivity contribution in [3.63, 3.8) is 0 Å². The van der Waals surface area contributed by atoms with E-state index in [1.165, 1.54) is 22.5 Å². The van der Waals surface area contributed by atoms with Crippen molar-refractivity contribution in [1.29, 1.82) is 0 Å². The third-order valence-corrected chi connectivity index (χ3v) is 14.1. The third kappa shape index (κ3) is 12.8. The Labute approximate surface area is 408 Å². The minimum absolute atomic E-state index is 0.0121. The predicted molar refractivity (Wildman–Crippen MR) is 274 cm³/mol. The third-order valence-electron chi connectivity index (χ3n) is 13.2. The van der Waals surface area contributed by atoms with Crippen LogP contribution in [0, 0.1) is 0 Å². The zero-order valence-corrected chi connectivity index (χ0v) is 40.2. The number of hydrogen-bond donors (Lipinski definition) is 3. The average molecular weight is 954 g/mol. The number of allylic oxidation sites excluding steroid dienone is 2. The summed E-state index contributed by atoms with van der Waals surface area (Å²) in [5, 5.41) is 18.1. The van der Waals surface area contributed by atoms with E-state index in [9.17, 15) is 19.5 Å². The van der Waals surface area contributed by atoms with Crippen molar-refractivity contribution in [2.24, 2.45) is 0 Å². The number of phenolic OH excluding ortho intramolecular Hbond substituents is 1. The molecule has 0 aliphatic carbocycles. The van der Waals surface area contributed by atoms with Gasteiger partial charge in [0.05, 0.1) is 4.88 Å². The summed E-state index contributed by atoms with van der Waals surface area (Å²) in [6.07, 6.45) is 19.0. The molecule has 360 valence electrons. The predicted octanol–water partition coefficient (Wildman–Crippen LogP) is 11.1. The molecular weight excluding hydrogens is 892 g/mol. The van der Waals surface area contributed by atoms with Crippen molar-refractivity contribution in [2.45, 2.75) is 89.4 Å². The first-order valence-electron chi connectivity index (χ1n) is 24.4. The second-order valence-corrected chi connectivity index (χ2v) is 19.4. The molecule has 3 aromatic carbocycles. The SMILES string of the molecule is CN1CCc2ccc(O)cc2C(c2ccc(NC(=O)CCCCCCCNC(=O)CCCCCCC(=O)COc3ccc(/C=C/c4ccc5n4[B-](F)(F)[N+]4=C(c6cccs6)C=CC4=C5)cc3)cc2)C1. The number of phenols is 1. The Kier molecular flexibility index (Phi) is 16.6. The lowest BCUT2D eigenvalue weighted by Gasteiger charge is -2.30. The van der Waals surface area contributed by atoms with E-state index in [0.29, 0.717) is 54.4 Å². The Hall–Kier alpha value is -6.38. The second-order valence-electron chi connectivity index (χ2n) is 18.4. The summed E-state index contributed by atoms with van der Waals surface area (Å²) in [5.41, 5.74) is 7.05. The summed E-state index contributed by atoms with van der Waals surface area (Å²) in [6, 6.07) is 28.1. The van der Waals surface area contributed by atoms with Gasteiger partial charge in [0.1, 0.15) is 18.1 Å². The van der Waals surface area contributed by atoms with Crippen molar-refractivity contribution < 1.29 is 37.3 Å². The molecule has 0 saturated carbocycles. The lowest BCUT2D eigenvalue weighted by Crippen LogP contribution is -2.50. The molecule has 14 heteroatoms. The first-order valence-corrected chi connectivity index (χ1v) is 25.3. The van der Waals surface area contributed by atoms with E-state index in [4.69, 9.17) is 4.74 Å². The number of ether oxygens (including phenoxy) is 1. The molecule has 2 amide bonds. The van der Waals surface area contributed by atoms with Gasteiger partial charge in [-0.05, 0) is 127 Å². The van der Waals surface area contributed by atoms with Crippen molar-refractivity contribution in [3.05, 3.63) is 153 Å². The molecule has 3 N–H and O–H groups in total. The quantitative estimate of drug-likeness (QED) is 0.0444. The normalized spacial score (nSPS) is 16.2. The van der Waals surface area contributed by atoms with Gasteiger partial charge >= 0.3 is 6.97 Å². The highest BCUT2D eigenvalue weighted by molar-refractivity contribution is 7.12. The van der Waals surface area contributed by atoms with Crippen LogP contribution in [0.3, 0.4) is 0 Å². The minimum atomic E-state index is -4.11. The second kappa shape index (κ2) is 23.3. The molecule has 0 spiro atoms. The number of benzene rings is 3. The molecule has 1 atom stereocenters. The monoisotopic (exact) mass is 953 g/mol. The van der Waals surface area contributed by atoms with Crippen LogP contribution >= 0.6 is 11.3 Å². The summed E-state index contributed by atoms with van der Waals surface area (Å²) < 4.78 is 40.2. The van der Waals surface area contributed by atoms with E-state index in [0.717, 1.165) is 108 Å². The molecule has 0 fully saturated rings. The van der Waals surface area contributed by atoms with Gasteiger partial charge in [-0.2, -0.15) is 0 Å². The molecule has 3 aliphatic rings. The van der Waals surface area contributed by atoms with E-state index in [1.54, 1.807) is 60.7 Å². The number of likely N-dealkylation sites (N-methyl/N-ethyl adjacent to an activating group) is 1. The number of thiophene rings is 1. The van der Waals surface area contributed by atoms with Gasteiger partial charge in [0.25, 0.3) is 0 Å². The van der Waals surface area contributed by atoms with Crippen LogP contribution in [-0.2, 0) is 20.8 Å². The van der Waals surface area contributed by atoms with Gasteiger partial charge in [-0.1, -0.05) is 74.6 Å². The number of anilines is 1. The molecule has 69 heavy (non-hydrogen) atoms. The van der Waals surface area contributed by atoms with E-state index >= 15 is 8.63 Å². The van der Waals surface area contributed by atoms with E-state index in [1.807, 2.05) is 53.9 Å². The molecule has 3 aliphatic heterocycles. The molecule has 8 rings (SSSR count). The lowest BCUT2D eigenvalue weighted by atomic mass is 9.88. The number of nitrogens with zero attached hydrogens (tertiary/aromatic N) is 3. The summed E-state index contributed by atoms with van der Waals surface area (Å²) in [7, 11) is 2.13. The molecule has 1 unspecified atom stereocenters. The Morgan fingerprint density at radius 2 is 1.58 bits per heavy atom. The number of aromatic hydroxyl groups is 1. The molecule has 0 saturated heterocycles. The fourth-order valence-electron chi connectivity index (χ4n) is 9.48. The Bertz CT molecular complexity index is 2710. The highest BCUT2D eigenvalue weighted by atomic mass is 32.1. The van der Waals surface area contributed by atoms with Gasteiger partial charge < -0.3 is 43.0 Å². The largest absolute Gasteiger partial charge is 0.737 e. The fraction of sp³-hybridized carbons (Fsp3) is 0.345. The van der Waals surface area contributed by atoms with Crippen LogP contribution in [0.15, 0.2) is 114 Å². The Morgan fingerprint density at radius 1 is 0.841 bits per heavy atom. The van der Waals surface area contributed by atoms with Crippen LogP contribution in [0.1, 0.15) is 121 Å². The number of amides is 2. The first kappa shape index (κ1) is 49.1. The fourth-order valence-corrected chi connectivity index (χ4v) is 10.2. The maximum atomic E-state index is 16.1. The van der Waals surface area contributed by atoms with Crippen LogP contribution in [0.5, 0.6) is 11.5 Å².